The zero-order valence-corrected chi connectivity index (χ0v) is 18.4. The highest BCUT2D eigenvalue weighted by Crippen LogP contribution is 2.60. The molecule has 4 aliphatic carbocycles. The smallest absolute Gasteiger partial charge is 0.410 e. The quantitative estimate of drug-likeness (QED) is 0.729. The summed E-state index contributed by atoms with van der Waals surface area (Å²) >= 11 is 5.99. The number of H-pyrrole nitrogens is 1. The number of carbonyl (C=O) groups is 2. The minimum Gasteiger partial charge on any atom is -0.446 e. The van der Waals surface area contributed by atoms with Gasteiger partial charge in [-0.2, -0.15) is 0 Å². The molecule has 2 aromatic rings. The van der Waals surface area contributed by atoms with E-state index in [0.29, 0.717) is 41.6 Å². The maximum absolute atomic E-state index is 13.0. The molecule has 7 rings (SSSR count). The van der Waals surface area contributed by atoms with E-state index in [2.05, 4.69) is 9.97 Å². The Kier molecular flexibility index (Phi) is 4.38. The summed E-state index contributed by atoms with van der Waals surface area (Å²) in [5.74, 6) is 0.742. The lowest BCUT2D eigenvalue weighted by Gasteiger charge is -2.58. The zero-order chi connectivity index (χ0) is 22.2. The summed E-state index contributed by atoms with van der Waals surface area (Å²) in [5.41, 5.74) is 6.23. The van der Waals surface area contributed by atoms with Gasteiger partial charge in [-0.3, -0.25) is 9.36 Å². The SMILES string of the molecule is NC(=O)C12CC3CC(C1)C(OC(=O)N1CC[C@@H](n4c(=O)[nH]c5cc(Cl)cnc54)C1)C(C3)C2. The molecular formula is C22H26ClN5O4. The minimum absolute atomic E-state index is 0.148. The van der Waals surface area contributed by atoms with Gasteiger partial charge in [0, 0.05) is 19.3 Å². The number of rotatable bonds is 3. The number of nitrogens with one attached hydrogen (secondary N) is 1. The first-order chi connectivity index (χ1) is 15.3. The van der Waals surface area contributed by atoms with Crippen LogP contribution in [0.5, 0.6) is 0 Å². The molecule has 0 radical (unpaired) electrons. The van der Waals surface area contributed by atoms with Crippen LogP contribution < -0.4 is 11.4 Å². The van der Waals surface area contributed by atoms with Gasteiger partial charge in [0.2, 0.25) is 5.91 Å². The van der Waals surface area contributed by atoms with Crippen molar-refractivity contribution >= 4 is 34.8 Å². The van der Waals surface area contributed by atoms with Crippen molar-refractivity contribution in [2.45, 2.75) is 50.7 Å². The first kappa shape index (κ1) is 20.1. The van der Waals surface area contributed by atoms with Crippen molar-refractivity contribution < 1.29 is 14.3 Å². The van der Waals surface area contributed by atoms with Gasteiger partial charge in [0.15, 0.2) is 5.65 Å². The van der Waals surface area contributed by atoms with E-state index in [9.17, 15) is 14.4 Å². The van der Waals surface area contributed by atoms with Crippen molar-refractivity contribution in [3.05, 3.63) is 27.8 Å². The Labute approximate surface area is 189 Å². The number of pyridine rings is 1. The van der Waals surface area contributed by atoms with Crippen molar-refractivity contribution in [3.63, 3.8) is 0 Å². The molecule has 5 fully saturated rings. The fraction of sp³-hybridized carbons (Fsp3) is 0.636. The van der Waals surface area contributed by atoms with E-state index in [-0.39, 0.29) is 41.7 Å². The minimum atomic E-state index is -0.398. The normalized spacial score (nSPS) is 35.5. The monoisotopic (exact) mass is 459 g/mol. The Morgan fingerprint density at radius 2 is 2.00 bits per heavy atom. The van der Waals surface area contributed by atoms with Crippen molar-refractivity contribution in [2.75, 3.05) is 13.1 Å². The lowest BCUT2D eigenvalue weighted by molar-refractivity contribution is -0.161. The molecule has 3 heterocycles. The number of ether oxygens (including phenoxy) is 1. The Balaban J connectivity index is 1.16. The molecule has 170 valence electrons. The largest absolute Gasteiger partial charge is 0.446 e. The van der Waals surface area contributed by atoms with Gasteiger partial charge in [-0.15, -0.1) is 0 Å². The second kappa shape index (κ2) is 6.97. The fourth-order valence-electron chi connectivity index (χ4n) is 7.11. The summed E-state index contributed by atoms with van der Waals surface area (Å²) in [7, 11) is 0. The van der Waals surface area contributed by atoms with Gasteiger partial charge in [-0.05, 0) is 62.3 Å². The number of primary amides is 1. The molecule has 0 spiro atoms. The number of carbonyl (C=O) groups excluding carboxylic acids is 2. The number of hydrogen-bond donors (Lipinski definition) is 2. The predicted molar refractivity (Wildman–Crippen MR) is 116 cm³/mol. The Morgan fingerprint density at radius 1 is 1.25 bits per heavy atom. The van der Waals surface area contributed by atoms with E-state index < -0.39 is 5.41 Å². The maximum atomic E-state index is 13.0. The highest BCUT2D eigenvalue weighted by Gasteiger charge is 2.59. The number of nitrogens with zero attached hydrogens (tertiary/aromatic N) is 3. The number of aromatic amines is 1. The third-order valence-corrected chi connectivity index (χ3v) is 8.46. The van der Waals surface area contributed by atoms with Gasteiger partial charge < -0.3 is 20.4 Å². The van der Waals surface area contributed by atoms with Crippen molar-refractivity contribution in [3.8, 4) is 0 Å². The van der Waals surface area contributed by atoms with Gasteiger partial charge in [-0.1, -0.05) is 11.6 Å². The first-order valence-corrected chi connectivity index (χ1v) is 11.7. The molecule has 3 N–H and O–H groups in total. The molecule has 10 heteroatoms. The molecule has 2 unspecified atom stereocenters. The third kappa shape index (κ3) is 2.97. The van der Waals surface area contributed by atoms with E-state index in [4.69, 9.17) is 22.1 Å². The van der Waals surface area contributed by atoms with E-state index in [1.165, 1.54) is 6.20 Å². The number of halogens is 1. The van der Waals surface area contributed by atoms with Crippen LogP contribution in [-0.4, -0.2) is 50.6 Å². The molecule has 1 saturated heterocycles. The zero-order valence-electron chi connectivity index (χ0n) is 17.6. The predicted octanol–water partition coefficient (Wildman–Crippen LogP) is 2.44. The van der Waals surface area contributed by atoms with Gasteiger partial charge in [0.1, 0.15) is 6.10 Å². The summed E-state index contributed by atoms with van der Waals surface area (Å²) in [6, 6.07) is 1.50. The van der Waals surface area contributed by atoms with Gasteiger partial charge in [0.05, 0.1) is 22.0 Å². The van der Waals surface area contributed by atoms with Crippen LogP contribution in [0.25, 0.3) is 11.2 Å². The first-order valence-electron chi connectivity index (χ1n) is 11.3. The maximum Gasteiger partial charge on any atom is 0.410 e. The molecule has 2 aromatic heterocycles. The third-order valence-electron chi connectivity index (χ3n) is 8.25. The lowest BCUT2D eigenvalue weighted by atomic mass is 9.48. The molecule has 9 nitrogen and oxygen atoms in total. The molecule has 5 aliphatic rings. The standard InChI is InChI=1S/C22H26ClN5O4/c23-14-5-16-18(25-9-14)28(20(30)26-16)15-1-2-27(10-15)21(31)32-17-12-3-11-4-13(17)8-22(6-11,7-12)19(24)29/h5,9,11-13,15,17H,1-4,6-8,10H2,(H2,24,29)(H,26,30)/t11?,12?,13?,15-,17?,22?/m1/s1. The topological polar surface area (TPSA) is 123 Å². The van der Waals surface area contributed by atoms with Gasteiger partial charge in [-0.25, -0.2) is 14.6 Å². The van der Waals surface area contributed by atoms with E-state index >= 15 is 0 Å². The van der Waals surface area contributed by atoms with Crippen LogP contribution in [-0.2, 0) is 9.53 Å². The van der Waals surface area contributed by atoms with Crippen LogP contribution in [0.3, 0.4) is 0 Å². The Bertz CT molecular complexity index is 1160. The highest BCUT2D eigenvalue weighted by molar-refractivity contribution is 6.31. The van der Waals surface area contributed by atoms with Crippen LogP contribution in [0.2, 0.25) is 5.02 Å². The number of aromatic nitrogens is 3. The summed E-state index contributed by atoms with van der Waals surface area (Å²) in [4.78, 5) is 46.5. The lowest BCUT2D eigenvalue weighted by Crippen LogP contribution is -2.59. The number of imidazole rings is 1. The number of likely N-dealkylation sites (tertiary alicyclic amines) is 1. The van der Waals surface area contributed by atoms with Crippen LogP contribution in [0.4, 0.5) is 4.79 Å². The molecule has 3 atom stereocenters. The second-order valence-corrected chi connectivity index (χ2v) is 10.6. The van der Waals surface area contributed by atoms with Crippen molar-refractivity contribution in [1.82, 2.24) is 19.4 Å². The highest BCUT2D eigenvalue weighted by atomic mass is 35.5. The molecule has 1 aliphatic heterocycles. The van der Waals surface area contributed by atoms with Crippen molar-refractivity contribution in [2.24, 2.45) is 28.9 Å². The van der Waals surface area contributed by atoms with Crippen LogP contribution in [0, 0.1) is 23.2 Å². The fourth-order valence-corrected chi connectivity index (χ4v) is 7.27. The van der Waals surface area contributed by atoms with Crippen molar-refractivity contribution in [1.29, 1.82) is 0 Å². The molecule has 4 saturated carbocycles. The van der Waals surface area contributed by atoms with Crippen LogP contribution >= 0.6 is 11.6 Å². The summed E-state index contributed by atoms with van der Waals surface area (Å²) < 4.78 is 7.65. The van der Waals surface area contributed by atoms with E-state index in [0.717, 1.165) is 32.1 Å². The number of amides is 2. The average molecular weight is 460 g/mol. The van der Waals surface area contributed by atoms with Crippen LogP contribution in [0.1, 0.15) is 44.6 Å². The molecule has 4 bridgehead atoms. The summed E-state index contributed by atoms with van der Waals surface area (Å²) in [6.07, 6.45) is 6.05. The number of fused-ring (bicyclic) bond motifs is 1. The summed E-state index contributed by atoms with van der Waals surface area (Å²) in [5, 5.41) is 0.455. The van der Waals surface area contributed by atoms with Crippen LogP contribution in [0.15, 0.2) is 17.1 Å². The second-order valence-electron chi connectivity index (χ2n) is 10.2. The average Bonchev–Trinajstić information content (AvgIpc) is 3.33. The Hall–Kier alpha value is -2.55. The summed E-state index contributed by atoms with van der Waals surface area (Å²) in [6.45, 7) is 0.915. The molecule has 2 amide bonds. The number of hydrogen-bond acceptors (Lipinski definition) is 5. The molecule has 0 aromatic carbocycles. The number of nitrogens with two attached hydrogens (primary N) is 1. The molecular weight excluding hydrogens is 434 g/mol. The Morgan fingerprint density at radius 3 is 2.72 bits per heavy atom. The van der Waals surface area contributed by atoms with E-state index in [1.807, 2.05) is 0 Å². The van der Waals surface area contributed by atoms with E-state index in [1.54, 1.807) is 15.5 Å². The molecule has 32 heavy (non-hydrogen) atoms. The van der Waals surface area contributed by atoms with Gasteiger partial charge >= 0.3 is 11.8 Å². The van der Waals surface area contributed by atoms with Gasteiger partial charge in [0.25, 0.3) is 0 Å².